The lowest BCUT2D eigenvalue weighted by atomic mass is 10.1. The highest BCUT2D eigenvalue weighted by molar-refractivity contribution is 7.98. The van der Waals surface area contributed by atoms with E-state index in [2.05, 4.69) is 20.2 Å². The van der Waals surface area contributed by atoms with Crippen molar-refractivity contribution in [1.82, 2.24) is 25.6 Å². The normalized spacial score (nSPS) is 11.2. The zero-order valence-corrected chi connectivity index (χ0v) is 13.1. The number of hydroxylamine groups is 1. The Balaban J connectivity index is 1.66. The molecule has 0 aliphatic carbocycles. The van der Waals surface area contributed by atoms with E-state index in [-0.39, 0.29) is 5.56 Å². The smallest absolute Gasteiger partial charge is 0.267 e. The maximum atomic E-state index is 11.8. The van der Waals surface area contributed by atoms with E-state index in [0.717, 1.165) is 11.1 Å². The number of aromatic amines is 2. The van der Waals surface area contributed by atoms with Gasteiger partial charge in [-0.3, -0.25) is 19.9 Å². The van der Waals surface area contributed by atoms with Crippen LogP contribution in [0.5, 0.6) is 0 Å². The Hall–Kier alpha value is -2.91. The van der Waals surface area contributed by atoms with Gasteiger partial charge in [-0.15, -0.1) is 0 Å². The van der Waals surface area contributed by atoms with Gasteiger partial charge >= 0.3 is 0 Å². The number of H-pyrrole nitrogens is 2. The molecule has 0 aliphatic rings. The molecule has 0 radical (unpaired) electrons. The minimum absolute atomic E-state index is 0.223. The van der Waals surface area contributed by atoms with Crippen LogP contribution in [0.3, 0.4) is 0 Å². The second kappa shape index (κ2) is 7.11. The van der Waals surface area contributed by atoms with Gasteiger partial charge < -0.3 is 4.98 Å². The molecule has 4 N–H and O–H groups in total. The Bertz CT molecular complexity index is 946. The number of hydrogen-bond donors (Lipinski definition) is 4. The van der Waals surface area contributed by atoms with E-state index in [9.17, 15) is 9.59 Å². The number of nitrogens with one attached hydrogen (secondary N) is 3. The van der Waals surface area contributed by atoms with E-state index in [1.807, 2.05) is 24.3 Å². The lowest BCUT2D eigenvalue weighted by molar-refractivity contribution is -0.124. The number of carbonyl (C=O) groups is 1. The summed E-state index contributed by atoms with van der Waals surface area (Å²) in [5.41, 5.74) is 3.64. The molecular weight excluding hydrogens is 330 g/mol. The number of fused-ring (bicyclic) bond motifs is 1. The average molecular weight is 343 g/mol. The SMILES string of the molecule is O=C(/C=C/c1ccc(CSc2nc3[nH]ncc3c(=O)[nH]2)cc1)NO. The zero-order chi connectivity index (χ0) is 16.9. The molecule has 1 amide bonds. The second-order valence-corrected chi connectivity index (χ2v) is 5.81. The van der Waals surface area contributed by atoms with E-state index in [4.69, 9.17) is 5.21 Å². The van der Waals surface area contributed by atoms with Gasteiger partial charge in [-0.1, -0.05) is 36.0 Å². The first-order valence-corrected chi connectivity index (χ1v) is 7.91. The van der Waals surface area contributed by atoms with E-state index in [0.29, 0.717) is 21.9 Å². The monoisotopic (exact) mass is 343 g/mol. The van der Waals surface area contributed by atoms with E-state index in [1.165, 1.54) is 29.5 Å². The molecule has 0 unspecified atom stereocenters. The fraction of sp³-hybridized carbons (Fsp3) is 0.0667. The molecule has 1 aromatic carbocycles. The average Bonchev–Trinajstić information content (AvgIpc) is 3.08. The van der Waals surface area contributed by atoms with E-state index < -0.39 is 5.91 Å². The number of nitrogens with zero attached hydrogens (tertiary/aromatic N) is 2. The van der Waals surface area contributed by atoms with Gasteiger partial charge in [-0.2, -0.15) is 5.10 Å². The minimum atomic E-state index is -0.584. The highest BCUT2D eigenvalue weighted by Gasteiger charge is 2.06. The van der Waals surface area contributed by atoms with E-state index in [1.54, 1.807) is 6.08 Å². The Kier molecular flexibility index (Phi) is 4.73. The number of amides is 1. The maximum absolute atomic E-state index is 11.8. The lowest BCUT2D eigenvalue weighted by Gasteiger charge is -2.02. The quantitative estimate of drug-likeness (QED) is 0.183. The largest absolute Gasteiger partial charge is 0.301 e. The van der Waals surface area contributed by atoms with Crippen LogP contribution in [-0.4, -0.2) is 31.3 Å². The van der Waals surface area contributed by atoms with Crippen molar-refractivity contribution in [3.05, 3.63) is 58.0 Å². The summed E-state index contributed by atoms with van der Waals surface area (Å²) in [6.45, 7) is 0. The molecule has 8 nitrogen and oxygen atoms in total. The highest BCUT2D eigenvalue weighted by Crippen LogP contribution is 2.19. The summed E-state index contributed by atoms with van der Waals surface area (Å²) in [4.78, 5) is 29.8. The van der Waals surface area contributed by atoms with Crippen molar-refractivity contribution >= 4 is 34.8 Å². The van der Waals surface area contributed by atoms with Crippen LogP contribution in [0.4, 0.5) is 0 Å². The fourth-order valence-corrected chi connectivity index (χ4v) is 2.80. The molecule has 0 saturated carbocycles. The molecule has 24 heavy (non-hydrogen) atoms. The zero-order valence-electron chi connectivity index (χ0n) is 12.3. The van der Waals surface area contributed by atoms with Crippen molar-refractivity contribution in [3.63, 3.8) is 0 Å². The summed E-state index contributed by atoms with van der Waals surface area (Å²) >= 11 is 1.40. The molecule has 3 aromatic rings. The summed E-state index contributed by atoms with van der Waals surface area (Å²) in [5, 5.41) is 15.8. The molecule has 0 fully saturated rings. The van der Waals surface area contributed by atoms with Gasteiger partial charge in [0.2, 0.25) is 0 Å². The third kappa shape index (κ3) is 3.70. The van der Waals surface area contributed by atoms with Crippen LogP contribution in [0.15, 0.2) is 46.5 Å². The van der Waals surface area contributed by atoms with Crippen LogP contribution in [0.1, 0.15) is 11.1 Å². The molecule has 0 atom stereocenters. The Labute approximate surface area is 140 Å². The molecule has 2 aromatic heterocycles. The van der Waals surface area contributed by atoms with Crippen molar-refractivity contribution in [2.45, 2.75) is 10.9 Å². The number of hydrogen-bond acceptors (Lipinski definition) is 6. The first kappa shape index (κ1) is 16.0. The lowest BCUT2D eigenvalue weighted by Crippen LogP contribution is -2.14. The number of aromatic nitrogens is 4. The summed E-state index contributed by atoms with van der Waals surface area (Å²) in [5.74, 6) is 0.0443. The standard InChI is InChI=1S/C15H13N5O3S/c21-12(20-23)6-5-9-1-3-10(4-2-9)8-24-15-17-13-11(7-16-19-13)14(22)18-15/h1-7,23H,8H2,(H,20,21)(H2,16,17,18,19,22)/b6-5+. The van der Waals surface area contributed by atoms with Gasteiger partial charge in [0.15, 0.2) is 10.8 Å². The third-order valence-electron chi connectivity index (χ3n) is 3.19. The fourth-order valence-electron chi connectivity index (χ4n) is 1.98. The van der Waals surface area contributed by atoms with Crippen LogP contribution in [0, 0.1) is 0 Å². The molecule has 0 spiro atoms. The van der Waals surface area contributed by atoms with Gasteiger partial charge in [0.1, 0.15) is 5.39 Å². The van der Waals surface area contributed by atoms with Crippen LogP contribution in [0.25, 0.3) is 17.1 Å². The van der Waals surface area contributed by atoms with Crippen molar-refractivity contribution < 1.29 is 10.0 Å². The Morgan fingerprint density at radius 1 is 1.33 bits per heavy atom. The summed E-state index contributed by atoms with van der Waals surface area (Å²) in [7, 11) is 0. The van der Waals surface area contributed by atoms with Crippen LogP contribution in [-0.2, 0) is 10.5 Å². The number of thioether (sulfide) groups is 1. The number of carbonyl (C=O) groups excluding carboxylic acids is 1. The summed E-state index contributed by atoms with van der Waals surface area (Å²) in [6, 6.07) is 7.53. The molecule has 3 rings (SSSR count). The molecule has 2 heterocycles. The van der Waals surface area contributed by atoms with Crippen LogP contribution >= 0.6 is 11.8 Å². The molecule has 9 heteroatoms. The van der Waals surface area contributed by atoms with Crippen molar-refractivity contribution in [1.29, 1.82) is 0 Å². The minimum Gasteiger partial charge on any atom is -0.301 e. The summed E-state index contributed by atoms with van der Waals surface area (Å²) in [6.07, 6.45) is 4.27. The van der Waals surface area contributed by atoms with Crippen molar-refractivity contribution in [3.8, 4) is 0 Å². The highest BCUT2D eigenvalue weighted by atomic mass is 32.2. The maximum Gasteiger partial charge on any atom is 0.267 e. The third-order valence-corrected chi connectivity index (χ3v) is 4.13. The van der Waals surface area contributed by atoms with Gasteiger partial charge in [0.25, 0.3) is 11.5 Å². The van der Waals surface area contributed by atoms with Crippen molar-refractivity contribution in [2.75, 3.05) is 0 Å². The van der Waals surface area contributed by atoms with Gasteiger partial charge in [0.05, 0.1) is 6.20 Å². The second-order valence-electron chi connectivity index (χ2n) is 4.84. The van der Waals surface area contributed by atoms with E-state index >= 15 is 0 Å². The molecule has 0 saturated heterocycles. The van der Waals surface area contributed by atoms with Crippen LogP contribution in [0.2, 0.25) is 0 Å². The Morgan fingerprint density at radius 2 is 2.12 bits per heavy atom. The predicted molar refractivity (Wildman–Crippen MR) is 89.5 cm³/mol. The summed E-state index contributed by atoms with van der Waals surface area (Å²) < 4.78 is 0. The molecule has 0 bridgehead atoms. The topological polar surface area (TPSA) is 124 Å². The first-order chi connectivity index (χ1) is 11.7. The molecular formula is C15H13N5O3S. The number of rotatable bonds is 5. The van der Waals surface area contributed by atoms with Gasteiger partial charge in [-0.25, -0.2) is 10.5 Å². The number of benzene rings is 1. The molecule has 122 valence electrons. The first-order valence-electron chi connectivity index (χ1n) is 6.93. The van der Waals surface area contributed by atoms with Crippen molar-refractivity contribution in [2.24, 2.45) is 0 Å². The Morgan fingerprint density at radius 3 is 2.88 bits per heavy atom. The van der Waals surface area contributed by atoms with Crippen LogP contribution < -0.4 is 11.0 Å². The van der Waals surface area contributed by atoms with Gasteiger partial charge in [-0.05, 0) is 17.2 Å². The predicted octanol–water partition coefficient (Wildman–Crippen LogP) is 1.46. The molecule has 0 aliphatic heterocycles. The van der Waals surface area contributed by atoms with Gasteiger partial charge in [0, 0.05) is 11.8 Å².